The summed E-state index contributed by atoms with van der Waals surface area (Å²) in [5.41, 5.74) is 0. The molecule has 1 fully saturated rings. The van der Waals surface area contributed by atoms with Gasteiger partial charge in [0.2, 0.25) is 0 Å². The van der Waals surface area contributed by atoms with E-state index in [0.717, 1.165) is 0 Å². The van der Waals surface area contributed by atoms with Gasteiger partial charge in [-0.15, -0.1) is 0 Å². The number of ether oxygens (including phenoxy) is 1. The van der Waals surface area contributed by atoms with E-state index >= 15 is 0 Å². The molecule has 1 saturated carbocycles. The summed E-state index contributed by atoms with van der Waals surface area (Å²) in [5.74, 6) is 0.0788. The van der Waals surface area contributed by atoms with Crippen molar-refractivity contribution in [3.8, 4) is 0 Å². The molecule has 0 heterocycles. The van der Waals surface area contributed by atoms with Gasteiger partial charge in [0.1, 0.15) is 5.78 Å². The first-order valence-corrected chi connectivity index (χ1v) is 4.25. The quantitative estimate of drug-likeness (QED) is 0.555. The standard InChI is InChI=1S/C9H14O3/c1-6-5-7(9(11)12-2)3-4-8(6)10/h6-7H,3-5H2,1-2H3. The molecule has 0 saturated heterocycles. The summed E-state index contributed by atoms with van der Waals surface area (Å²) in [6, 6.07) is 0. The lowest BCUT2D eigenvalue weighted by Crippen LogP contribution is -2.28. The van der Waals surface area contributed by atoms with Gasteiger partial charge in [0.15, 0.2) is 0 Å². The highest BCUT2D eigenvalue weighted by molar-refractivity contribution is 5.84. The minimum atomic E-state index is -0.172. The van der Waals surface area contributed by atoms with Crippen molar-refractivity contribution in [1.82, 2.24) is 0 Å². The van der Waals surface area contributed by atoms with E-state index in [9.17, 15) is 9.59 Å². The van der Waals surface area contributed by atoms with Crippen LogP contribution in [0.2, 0.25) is 0 Å². The molecule has 0 aromatic rings. The smallest absolute Gasteiger partial charge is 0.308 e. The first-order valence-electron chi connectivity index (χ1n) is 4.25. The zero-order valence-corrected chi connectivity index (χ0v) is 7.50. The largest absolute Gasteiger partial charge is 0.469 e. The zero-order valence-electron chi connectivity index (χ0n) is 7.50. The topological polar surface area (TPSA) is 43.4 Å². The maximum atomic E-state index is 11.1. The van der Waals surface area contributed by atoms with E-state index in [-0.39, 0.29) is 23.6 Å². The minimum Gasteiger partial charge on any atom is -0.469 e. The van der Waals surface area contributed by atoms with Gasteiger partial charge in [-0.05, 0) is 12.8 Å². The Morgan fingerprint density at radius 2 is 2.25 bits per heavy atom. The highest BCUT2D eigenvalue weighted by Crippen LogP contribution is 2.26. The number of hydrogen-bond acceptors (Lipinski definition) is 3. The third-order valence-corrected chi connectivity index (χ3v) is 2.46. The van der Waals surface area contributed by atoms with Crippen molar-refractivity contribution >= 4 is 11.8 Å². The number of methoxy groups -OCH3 is 1. The molecule has 0 N–H and O–H groups in total. The van der Waals surface area contributed by atoms with Crippen molar-refractivity contribution in [2.24, 2.45) is 11.8 Å². The molecule has 1 aliphatic carbocycles. The van der Waals surface area contributed by atoms with Crippen LogP contribution in [0.25, 0.3) is 0 Å². The van der Waals surface area contributed by atoms with Crippen LogP contribution >= 0.6 is 0 Å². The van der Waals surface area contributed by atoms with Crippen molar-refractivity contribution in [2.75, 3.05) is 7.11 Å². The van der Waals surface area contributed by atoms with Crippen molar-refractivity contribution in [3.05, 3.63) is 0 Å². The van der Waals surface area contributed by atoms with Crippen LogP contribution in [0, 0.1) is 11.8 Å². The molecular formula is C9H14O3. The summed E-state index contributed by atoms with van der Waals surface area (Å²) in [6.45, 7) is 1.87. The molecular weight excluding hydrogens is 156 g/mol. The lowest BCUT2D eigenvalue weighted by molar-refractivity contribution is -0.148. The Hall–Kier alpha value is -0.860. The average Bonchev–Trinajstić information content (AvgIpc) is 2.08. The Morgan fingerprint density at radius 1 is 1.58 bits per heavy atom. The summed E-state index contributed by atoms with van der Waals surface area (Å²) < 4.78 is 4.62. The number of ketones is 1. The monoisotopic (exact) mass is 170 g/mol. The number of carbonyl (C=O) groups excluding carboxylic acids is 2. The fraction of sp³-hybridized carbons (Fsp3) is 0.778. The van der Waals surface area contributed by atoms with Crippen LogP contribution in [0.3, 0.4) is 0 Å². The zero-order chi connectivity index (χ0) is 9.14. The van der Waals surface area contributed by atoms with Gasteiger partial charge in [-0.2, -0.15) is 0 Å². The Labute approximate surface area is 72.1 Å². The van der Waals surface area contributed by atoms with Crippen molar-refractivity contribution < 1.29 is 14.3 Å². The second-order valence-electron chi connectivity index (χ2n) is 3.36. The maximum absolute atomic E-state index is 11.1. The van der Waals surface area contributed by atoms with E-state index in [1.807, 2.05) is 6.92 Å². The number of hydrogen-bond donors (Lipinski definition) is 0. The molecule has 3 nitrogen and oxygen atoms in total. The summed E-state index contributed by atoms with van der Waals surface area (Å²) in [7, 11) is 1.39. The molecule has 0 aromatic heterocycles. The Balaban J connectivity index is 2.50. The van der Waals surface area contributed by atoms with Crippen LogP contribution in [0.1, 0.15) is 26.2 Å². The Kier molecular flexibility index (Phi) is 2.84. The molecule has 0 radical (unpaired) electrons. The molecule has 1 rings (SSSR count). The molecule has 12 heavy (non-hydrogen) atoms. The average molecular weight is 170 g/mol. The SMILES string of the molecule is COC(=O)C1CCC(=O)C(C)C1. The van der Waals surface area contributed by atoms with Crippen LogP contribution in [-0.4, -0.2) is 18.9 Å². The minimum absolute atomic E-state index is 0.0304. The Bertz CT molecular complexity index is 198. The molecule has 2 atom stereocenters. The molecule has 68 valence electrons. The summed E-state index contributed by atoms with van der Waals surface area (Å²) in [6.07, 6.45) is 1.85. The molecule has 0 aromatic carbocycles. The maximum Gasteiger partial charge on any atom is 0.308 e. The Morgan fingerprint density at radius 3 is 2.75 bits per heavy atom. The summed E-state index contributed by atoms with van der Waals surface area (Å²) >= 11 is 0. The molecule has 0 amide bonds. The van der Waals surface area contributed by atoms with Crippen molar-refractivity contribution in [2.45, 2.75) is 26.2 Å². The van der Waals surface area contributed by atoms with E-state index in [1.165, 1.54) is 7.11 Å². The number of Topliss-reactive ketones (excluding diaryl/α,β-unsaturated/α-hetero) is 1. The van der Waals surface area contributed by atoms with E-state index in [1.54, 1.807) is 0 Å². The fourth-order valence-electron chi connectivity index (χ4n) is 1.62. The first-order chi connectivity index (χ1) is 5.65. The van der Waals surface area contributed by atoms with Crippen LogP contribution in [0.15, 0.2) is 0 Å². The third kappa shape index (κ3) is 1.84. The predicted octanol–water partition coefficient (Wildman–Crippen LogP) is 1.16. The molecule has 0 spiro atoms. The van der Waals surface area contributed by atoms with Gasteiger partial charge in [-0.1, -0.05) is 6.92 Å². The van der Waals surface area contributed by atoms with Gasteiger partial charge >= 0.3 is 5.97 Å². The van der Waals surface area contributed by atoms with Crippen LogP contribution in [-0.2, 0) is 14.3 Å². The van der Waals surface area contributed by atoms with Crippen LogP contribution in [0.5, 0.6) is 0 Å². The molecule has 1 aliphatic rings. The van der Waals surface area contributed by atoms with E-state index in [0.29, 0.717) is 19.3 Å². The number of carbonyl (C=O) groups is 2. The van der Waals surface area contributed by atoms with Gasteiger partial charge in [0.25, 0.3) is 0 Å². The normalized spacial score (nSPS) is 30.0. The van der Waals surface area contributed by atoms with Gasteiger partial charge in [-0.3, -0.25) is 9.59 Å². The van der Waals surface area contributed by atoms with Crippen LogP contribution < -0.4 is 0 Å². The fourth-order valence-corrected chi connectivity index (χ4v) is 1.62. The lowest BCUT2D eigenvalue weighted by atomic mass is 9.81. The molecule has 0 bridgehead atoms. The van der Waals surface area contributed by atoms with E-state index < -0.39 is 0 Å². The van der Waals surface area contributed by atoms with Crippen molar-refractivity contribution in [3.63, 3.8) is 0 Å². The van der Waals surface area contributed by atoms with Crippen LogP contribution in [0.4, 0.5) is 0 Å². The van der Waals surface area contributed by atoms with Gasteiger partial charge < -0.3 is 4.74 Å². The third-order valence-electron chi connectivity index (χ3n) is 2.46. The second kappa shape index (κ2) is 3.70. The number of rotatable bonds is 1. The highest BCUT2D eigenvalue weighted by Gasteiger charge is 2.30. The first kappa shape index (κ1) is 9.23. The van der Waals surface area contributed by atoms with E-state index in [2.05, 4.69) is 4.74 Å². The predicted molar refractivity (Wildman–Crippen MR) is 43.5 cm³/mol. The molecule has 0 aliphatic heterocycles. The van der Waals surface area contributed by atoms with E-state index in [4.69, 9.17) is 0 Å². The summed E-state index contributed by atoms with van der Waals surface area (Å²) in [4.78, 5) is 22.2. The second-order valence-corrected chi connectivity index (χ2v) is 3.36. The van der Waals surface area contributed by atoms with Crippen molar-refractivity contribution in [1.29, 1.82) is 0 Å². The highest BCUT2D eigenvalue weighted by atomic mass is 16.5. The van der Waals surface area contributed by atoms with Gasteiger partial charge in [-0.25, -0.2) is 0 Å². The molecule has 2 unspecified atom stereocenters. The lowest BCUT2D eigenvalue weighted by Gasteiger charge is -2.23. The van der Waals surface area contributed by atoms with Gasteiger partial charge in [0.05, 0.1) is 13.0 Å². The van der Waals surface area contributed by atoms with Gasteiger partial charge in [0, 0.05) is 12.3 Å². The molecule has 3 heteroatoms. The summed E-state index contributed by atoms with van der Waals surface area (Å²) in [5, 5.41) is 0. The number of esters is 1.